The number of benzene rings is 2. The molecule has 1 fully saturated rings. The number of amides is 3. The average molecular weight is 409 g/mol. The van der Waals surface area contributed by atoms with Gasteiger partial charge in [-0.15, -0.1) is 0 Å². The van der Waals surface area contributed by atoms with E-state index in [4.69, 9.17) is 5.73 Å². The maximum absolute atomic E-state index is 12.7. The zero-order valence-corrected chi connectivity index (χ0v) is 17.2. The summed E-state index contributed by atoms with van der Waals surface area (Å²) < 4.78 is 0. The van der Waals surface area contributed by atoms with Crippen LogP contribution >= 0.6 is 0 Å². The Balaban J connectivity index is 1.54. The molecule has 2 aromatic carbocycles. The number of hydrogen-bond donors (Lipinski definition) is 3. The lowest BCUT2D eigenvalue weighted by molar-refractivity contribution is -0.133. The quantitative estimate of drug-likeness (QED) is 0.652. The van der Waals surface area contributed by atoms with E-state index in [0.717, 1.165) is 5.56 Å². The smallest absolute Gasteiger partial charge is 0.253 e. The van der Waals surface area contributed by atoms with Crippen LogP contribution in [0.2, 0.25) is 0 Å². The van der Waals surface area contributed by atoms with Crippen LogP contribution in [0.25, 0.3) is 0 Å². The summed E-state index contributed by atoms with van der Waals surface area (Å²) in [4.78, 5) is 38.2. The second-order valence-electron chi connectivity index (χ2n) is 7.62. The first-order chi connectivity index (χ1) is 14.4. The summed E-state index contributed by atoms with van der Waals surface area (Å²) in [6.45, 7) is 3.58. The van der Waals surface area contributed by atoms with Crippen LogP contribution in [0.15, 0.2) is 48.5 Å². The molecule has 3 amide bonds. The van der Waals surface area contributed by atoms with Crippen LogP contribution < -0.4 is 16.4 Å². The molecule has 7 nitrogen and oxygen atoms in total. The van der Waals surface area contributed by atoms with E-state index < -0.39 is 0 Å². The van der Waals surface area contributed by atoms with Crippen molar-refractivity contribution < 1.29 is 14.4 Å². The molecule has 0 saturated carbocycles. The summed E-state index contributed by atoms with van der Waals surface area (Å²) in [5.74, 6) is -0.716. The molecule has 158 valence electrons. The van der Waals surface area contributed by atoms with Crippen molar-refractivity contribution in [2.24, 2.45) is 11.7 Å². The lowest BCUT2D eigenvalue weighted by Crippen LogP contribution is -2.43. The minimum Gasteiger partial charge on any atom is -0.376 e. The summed E-state index contributed by atoms with van der Waals surface area (Å²) in [5, 5.41) is 6.01. The van der Waals surface area contributed by atoms with Crippen molar-refractivity contribution in [1.29, 1.82) is 0 Å². The average Bonchev–Trinajstić information content (AvgIpc) is 2.77. The summed E-state index contributed by atoms with van der Waals surface area (Å²) >= 11 is 0. The number of nitrogens with two attached hydrogens (primary N) is 1. The van der Waals surface area contributed by atoms with Crippen LogP contribution in [-0.2, 0) is 16.1 Å². The number of likely N-dealkylation sites (tertiary alicyclic amines) is 1. The van der Waals surface area contributed by atoms with Gasteiger partial charge in [-0.25, -0.2) is 0 Å². The number of nitrogens with zero attached hydrogens (tertiary/aromatic N) is 1. The largest absolute Gasteiger partial charge is 0.376 e. The van der Waals surface area contributed by atoms with Gasteiger partial charge >= 0.3 is 0 Å². The number of para-hydroxylation sites is 1. The Morgan fingerprint density at radius 1 is 1.03 bits per heavy atom. The zero-order valence-electron chi connectivity index (χ0n) is 17.2. The molecule has 1 saturated heterocycles. The maximum atomic E-state index is 12.7. The second-order valence-corrected chi connectivity index (χ2v) is 7.62. The first-order valence-corrected chi connectivity index (χ1v) is 10.2. The lowest BCUT2D eigenvalue weighted by Gasteiger charge is -2.30. The van der Waals surface area contributed by atoms with Crippen LogP contribution in [0.3, 0.4) is 0 Å². The van der Waals surface area contributed by atoms with E-state index >= 15 is 0 Å². The fraction of sp³-hybridized carbons (Fsp3) is 0.348. The fourth-order valence-electron chi connectivity index (χ4n) is 3.51. The minimum absolute atomic E-state index is 0.0622. The molecule has 0 unspecified atom stereocenters. The molecule has 1 aliphatic heterocycles. The van der Waals surface area contributed by atoms with Gasteiger partial charge in [0.05, 0.1) is 12.1 Å². The molecule has 0 atom stereocenters. The number of piperidine rings is 1. The SMILES string of the molecule is Cc1ccc(CNC(=O)c2ccccc2NCC(=O)N2CCC(C(N)=O)CC2)cc1. The number of anilines is 1. The van der Waals surface area contributed by atoms with Gasteiger partial charge in [-0.3, -0.25) is 14.4 Å². The molecule has 3 rings (SSSR count). The fourth-order valence-corrected chi connectivity index (χ4v) is 3.51. The Labute approximate surface area is 176 Å². The van der Waals surface area contributed by atoms with Crippen LogP contribution in [-0.4, -0.2) is 42.3 Å². The number of rotatable bonds is 7. The van der Waals surface area contributed by atoms with E-state index in [0.29, 0.717) is 43.7 Å². The van der Waals surface area contributed by atoms with Crippen molar-refractivity contribution in [2.45, 2.75) is 26.3 Å². The molecule has 1 aliphatic rings. The molecule has 7 heteroatoms. The number of primary amides is 1. The summed E-state index contributed by atoms with van der Waals surface area (Å²) in [6, 6.07) is 15.1. The van der Waals surface area contributed by atoms with Gasteiger partial charge in [-0.05, 0) is 37.5 Å². The van der Waals surface area contributed by atoms with Gasteiger partial charge in [0, 0.05) is 31.2 Å². The van der Waals surface area contributed by atoms with Crippen LogP contribution in [0.1, 0.15) is 34.3 Å². The van der Waals surface area contributed by atoms with E-state index in [1.807, 2.05) is 37.3 Å². The molecule has 0 aliphatic carbocycles. The second kappa shape index (κ2) is 9.91. The summed E-state index contributed by atoms with van der Waals surface area (Å²) in [6.07, 6.45) is 1.19. The summed E-state index contributed by atoms with van der Waals surface area (Å²) in [7, 11) is 0. The highest BCUT2D eigenvalue weighted by molar-refractivity contribution is 6.00. The summed E-state index contributed by atoms with van der Waals surface area (Å²) in [5.41, 5.74) is 8.64. The van der Waals surface area contributed by atoms with Crippen molar-refractivity contribution >= 4 is 23.4 Å². The molecule has 2 aromatic rings. The predicted molar refractivity (Wildman–Crippen MR) is 116 cm³/mol. The maximum Gasteiger partial charge on any atom is 0.253 e. The number of aryl methyl sites for hydroxylation is 1. The van der Waals surface area contributed by atoms with E-state index in [1.165, 1.54) is 5.56 Å². The Morgan fingerprint density at radius 2 is 1.70 bits per heavy atom. The third-order valence-corrected chi connectivity index (χ3v) is 5.43. The monoisotopic (exact) mass is 408 g/mol. The number of hydrogen-bond acceptors (Lipinski definition) is 4. The van der Waals surface area contributed by atoms with Crippen molar-refractivity contribution in [3.63, 3.8) is 0 Å². The first kappa shape index (κ1) is 21.4. The number of carbonyl (C=O) groups is 3. The van der Waals surface area contributed by atoms with Gasteiger partial charge in [0.15, 0.2) is 0 Å². The molecule has 1 heterocycles. The van der Waals surface area contributed by atoms with Gasteiger partial charge in [0.25, 0.3) is 5.91 Å². The highest BCUT2D eigenvalue weighted by atomic mass is 16.2. The minimum atomic E-state index is -0.300. The zero-order chi connectivity index (χ0) is 21.5. The van der Waals surface area contributed by atoms with E-state index in [2.05, 4.69) is 10.6 Å². The Bertz CT molecular complexity index is 903. The molecule has 0 bridgehead atoms. The molecule has 4 N–H and O–H groups in total. The Hall–Kier alpha value is -3.35. The first-order valence-electron chi connectivity index (χ1n) is 10.2. The van der Waals surface area contributed by atoms with Crippen LogP contribution in [0.5, 0.6) is 0 Å². The van der Waals surface area contributed by atoms with Crippen molar-refractivity contribution in [3.8, 4) is 0 Å². The predicted octanol–water partition coefficient (Wildman–Crippen LogP) is 2.06. The van der Waals surface area contributed by atoms with E-state index in [-0.39, 0.29) is 30.2 Å². The van der Waals surface area contributed by atoms with Crippen molar-refractivity contribution in [1.82, 2.24) is 10.2 Å². The van der Waals surface area contributed by atoms with Crippen LogP contribution in [0, 0.1) is 12.8 Å². The molecular formula is C23H28N4O3. The highest BCUT2D eigenvalue weighted by Crippen LogP contribution is 2.18. The van der Waals surface area contributed by atoms with Gasteiger partial charge < -0.3 is 21.3 Å². The van der Waals surface area contributed by atoms with Gasteiger partial charge in [-0.1, -0.05) is 42.0 Å². The number of nitrogens with one attached hydrogen (secondary N) is 2. The molecule has 30 heavy (non-hydrogen) atoms. The molecule has 0 aromatic heterocycles. The van der Waals surface area contributed by atoms with Crippen molar-refractivity contribution in [2.75, 3.05) is 25.0 Å². The Kier molecular flexibility index (Phi) is 7.06. The van der Waals surface area contributed by atoms with E-state index in [9.17, 15) is 14.4 Å². The standard InChI is InChI=1S/C23H28N4O3/c1-16-6-8-17(9-7-16)14-26-23(30)19-4-2-3-5-20(19)25-15-21(28)27-12-10-18(11-13-27)22(24)29/h2-9,18,25H,10-15H2,1H3,(H2,24,29)(H,26,30). The number of carbonyl (C=O) groups excluding carboxylic acids is 3. The lowest BCUT2D eigenvalue weighted by atomic mass is 9.96. The van der Waals surface area contributed by atoms with E-state index in [1.54, 1.807) is 23.1 Å². The normalized spacial score (nSPS) is 14.2. The third kappa shape index (κ3) is 5.59. The highest BCUT2D eigenvalue weighted by Gasteiger charge is 2.25. The Morgan fingerprint density at radius 3 is 2.37 bits per heavy atom. The molecule has 0 spiro atoms. The van der Waals surface area contributed by atoms with Crippen molar-refractivity contribution in [3.05, 3.63) is 65.2 Å². The van der Waals surface area contributed by atoms with Crippen LogP contribution in [0.4, 0.5) is 5.69 Å². The molecule has 0 radical (unpaired) electrons. The van der Waals surface area contributed by atoms with Gasteiger partial charge in [0.2, 0.25) is 11.8 Å². The topological polar surface area (TPSA) is 105 Å². The van der Waals surface area contributed by atoms with Gasteiger partial charge in [-0.2, -0.15) is 0 Å². The van der Waals surface area contributed by atoms with Gasteiger partial charge in [0.1, 0.15) is 0 Å². The molecular weight excluding hydrogens is 380 g/mol. The third-order valence-electron chi connectivity index (χ3n) is 5.43.